The molecule has 3 rings (SSSR count). The Balaban J connectivity index is 1.49. The summed E-state index contributed by atoms with van der Waals surface area (Å²) >= 11 is 1.48. The standard InChI is InChI=1S/C21H30N2O4S/c1-21(2,3)14-5-8-16-13(9-14)10-17(28-16)20(26)27-12-19(25)23(4)11-18(24)22-15-6-7-15/h10,14-15H,5-9,11-12H2,1-4H3,(H,22,24)/t14-/m0/s1. The Hall–Kier alpha value is -1.89. The molecular formula is C21H30N2O4S. The van der Waals surface area contributed by atoms with E-state index in [-0.39, 0.29) is 36.4 Å². The predicted octanol–water partition coefficient (Wildman–Crippen LogP) is 2.79. The average Bonchev–Trinajstić information content (AvgIpc) is 3.32. The molecule has 2 aliphatic carbocycles. The summed E-state index contributed by atoms with van der Waals surface area (Å²) in [6.07, 6.45) is 5.12. The van der Waals surface area contributed by atoms with Gasteiger partial charge in [-0.05, 0) is 55.1 Å². The number of hydrogen-bond acceptors (Lipinski definition) is 5. The highest BCUT2D eigenvalue weighted by molar-refractivity contribution is 7.14. The van der Waals surface area contributed by atoms with Crippen LogP contribution >= 0.6 is 11.3 Å². The second-order valence-corrected chi connectivity index (χ2v) is 10.2. The van der Waals surface area contributed by atoms with Crippen LogP contribution in [0.1, 0.15) is 60.1 Å². The van der Waals surface area contributed by atoms with Crippen LogP contribution in [0.15, 0.2) is 6.07 Å². The van der Waals surface area contributed by atoms with Crippen molar-refractivity contribution in [3.63, 3.8) is 0 Å². The zero-order chi connectivity index (χ0) is 20.5. The van der Waals surface area contributed by atoms with Gasteiger partial charge < -0.3 is 15.0 Å². The highest BCUT2D eigenvalue weighted by Gasteiger charge is 2.31. The number of esters is 1. The highest BCUT2D eigenvalue weighted by atomic mass is 32.1. The number of carbonyl (C=O) groups is 3. The van der Waals surface area contributed by atoms with Gasteiger partial charge in [-0.15, -0.1) is 11.3 Å². The van der Waals surface area contributed by atoms with E-state index < -0.39 is 5.97 Å². The first kappa shape index (κ1) is 20.8. The van der Waals surface area contributed by atoms with Crippen molar-refractivity contribution in [2.45, 2.75) is 58.9 Å². The van der Waals surface area contributed by atoms with E-state index in [1.54, 1.807) is 7.05 Å². The minimum atomic E-state index is -0.462. The van der Waals surface area contributed by atoms with Gasteiger partial charge in [0.1, 0.15) is 4.88 Å². The van der Waals surface area contributed by atoms with Crippen LogP contribution in [0.2, 0.25) is 0 Å². The van der Waals surface area contributed by atoms with Crippen LogP contribution in [0.5, 0.6) is 0 Å². The van der Waals surface area contributed by atoms with Gasteiger partial charge in [0, 0.05) is 18.0 Å². The summed E-state index contributed by atoms with van der Waals surface area (Å²) in [5.41, 5.74) is 1.49. The van der Waals surface area contributed by atoms with Crippen molar-refractivity contribution in [3.8, 4) is 0 Å². The number of nitrogens with zero attached hydrogens (tertiary/aromatic N) is 1. The highest BCUT2D eigenvalue weighted by Crippen LogP contribution is 2.40. The normalized spacial score (nSPS) is 18.9. The molecule has 0 aromatic carbocycles. The first-order valence-corrected chi connectivity index (χ1v) is 10.8. The third-order valence-electron chi connectivity index (χ3n) is 5.58. The van der Waals surface area contributed by atoms with Gasteiger partial charge in [-0.2, -0.15) is 0 Å². The largest absolute Gasteiger partial charge is 0.451 e. The molecule has 1 heterocycles. The summed E-state index contributed by atoms with van der Waals surface area (Å²) in [5, 5.41) is 2.83. The van der Waals surface area contributed by atoms with E-state index in [2.05, 4.69) is 26.1 Å². The second-order valence-electron chi connectivity index (χ2n) is 9.03. The molecule has 0 aliphatic heterocycles. The monoisotopic (exact) mass is 406 g/mol. The topological polar surface area (TPSA) is 75.7 Å². The maximum absolute atomic E-state index is 12.4. The molecule has 6 nitrogen and oxygen atoms in total. The Kier molecular flexibility index (Phi) is 6.12. The van der Waals surface area contributed by atoms with Gasteiger partial charge in [0.15, 0.2) is 6.61 Å². The Morgan fingerprint density at radius 2 is 1.96 bits per heavy atom. The molecule has 7 heteroatoms. The van der Waals surface area contributed by atoms with Gasteiger partial charge in [0.2, 0.25) is 5.91 Å². The molecule has 0 radical (unpaired) electrons. The Labute approximate surface area is 170 Å². The van der Waals surface area contributed by atoms with Crippen LogP contribution in [0.4, 0.5) is 0 Å². The molecule has 0 unspecified atom stereocenters. The van der Waals surface area contributed by atoms with Crippen molar-refractivity contribution in [2.24, 2.45) is 11.3 Å². The van der Waals surface area contributed by atoms with E-state index in [0.29, 0.717) is 10.8 Å². The Morgan fingerprint density at radius 1 is 1.25 bits per heavy atom. The molecule has 0 bridgehead atoms. The van der Waals surface area contributed by atoms with Gasteiger partial charge in [0.25, 0.3) is 5.91 Å². The van der Waals surface area contributed by atoms with Crippen molar-refractivity contribution < 1.29 is 19.1 Å². The van der Waals surface area contributed by atoms with E-state index in [1.165, 1.54) is 26.7 Å². The van der Waals surface area contributed by atoms with E-state index in [1.807, 2.05) is 6.07 Å². The maximum Gasteiger partial charge on any atom is 0.348 e. The summed E-state index contributed by atoms with van der Waals surface area (Å²) in [6.45, 7) is 6.42. The van der Waals surface area contributed by atoms with Crippen molar-refractivity contribution in [1.29, 1.82) is 0 Å². The molecule has 0 saturated heterocycles. The van der Waals surface area contributed by atoms with Crippen molar-refractivity contribution in [1.82, 2.24) is 10.2 Å². The number of hydrogen-bond donors (Lipinski definition) is 1. The fourth-order valence-electron chi connectivity index (χ4n) is 3.48. The lowest BCUT2D eigenvalue weighted by Gasteiger charge is -2.33. The number of ether oxygens (including phenoxy) is 1. The molecule has 1 atom stereocenters. The number of fused-ring (bicyclic) bond motifs is 1. The van der Waals surface area contributed by atoms with Gasteiger partial charge >= 0.3 is 5.97 Å². The maximum atomic E-state index is 12.4. The summed E-state index contributed by atoms with van der Waals surface area (Å²) in [7, 11) is 1.54. The first-order valence-electron chi connectivity index (χ1n) is 9.95. The lowest BCUT2D eigenvalue weighted by molar-refractivity contribution is -0.137. The summed E-state index contributed by atoms with van der Waals surface area (Å²) in [5.74, 6) is -0.413. The van der Waals surface area contributed by atoms with E-state index in [0.717, 1.165) is 32.1 Å². The second kappa shape index (κ2) is 8.23. The molecule has 1 fully saturated rings. The molecule has 1 N–H and O–H groups in total. The predicted molar refractivity (Wildman–Crippen MR) is 108 cm³/mol. The lowest BCUT2D eigenvalue weighted by Crippen LogP contribution is -2.40. The summed E-state index contributed by atoms with van der Waals surface area (Å²) in [6, 6.07) is 2.19. The molecule has 1 aromatic rings. The van der Waals surface area contributed by atoms with Crippen molar-refractivity contribution >= 4 is 29.1 Å². The molecule has 1 aromatic heterocycles. The van der Waals surface area contributed by atoms with Crippen LogP contribution < -0.4 is 5.32 Å². The molecular weight excluding hydrogens is 376 g/mol. The number of aryl methyl sites for hydroxylation is 1. The molecule has 154 valence electrons. The van der Waals surface area contributed by atoms with E-state index in [9.17, 15) is 14.4 Å². The number of likely N-dealkylation sites (N-methyl/N-ethyl adjacent to an activating group) is 1. The molecule has 28 heavy (non-hydrogen) atoms. The summed E-state index contributed by atoms with van der Waals surface area (Å²) < 4.78 is 5.21. The SMILES string of the molecule is CN(CC(=O)NC1CC1)C(=O)COC(=O)c1cc2c(s1)CC[C@H](C(C)(C)C)C2. The number of nitrogens with one attached hydrogen (secondary N) is 1. The van der Waals surface area contributed by atoms with Crippen LogP contribution in [0, 0.1) is 11.3 Å². The average molecular weight is 407 g/mol. The number of carbonyl (C=O) groups excluding carboxylic acids is 3. The fourth-order valence-corrected chi connectivity index (χ4v) is 4.58. The van der Waals surface area contributed by atoms with Gasteiger partial charge in [-0.3, -0.25) is 9.59 Å². The third-order valence-corrected chi connectivity index (χ3v) is 6.80. The van der Waals surface area contributed by atoms with Gasteiger partial charge in [0.05, 0.1) is 6.54 Å². The minimum Gasteiger partial charge on any atom is -0.451 e. The smallest absolute Gasteiger partial charge is 0.348 e. The quantitative estimate of drug-likeness (QED) is 0.737. The van der Waals surface area contributed by atoms with Crippen LogP contribution in [-0.2, 0) is 27.2 Å². The molecule has 1 saturated carbocycles. The van der Waals surface area contributed by atoms with E-state index >= 15 is 0 Å². The number of thiophene rings is 1. The number of amides is 2. The van der Waals surface area contributed by atoms with Gasteiger partial charge in [-0.1, -0.05) is 20.8 Å². The lowest BCUT2D eigenvalue weighted by atomic mass is 9.72. The molecule has 2 aliphatic rings. The Bertz CT molecular complexity index is 761. The zero-order valence-corrected chi connectivity index (χ0v) is 18.0. The zero-order valence-electron chi connectivity index (χ0n) is 17.2. The van der Waals surface area contributed by atoms with Crippen LogP contribution in [0.25, 0.3) is 0 Å². The van der Waals surface area contributed by atoms with Crippen molar-refractivity contribution in [2.75, 3.05) is 20.2 Å². The van der Waals surface area contributed by atoms with Crippen LogP contribution in [-0.4, -0.2) is 48.9 Å². The fraction of sp³-hybridized carbons (Fsp3) is 0.667. The molecule has 2 amide bonds. The van der Waals surface area contributed by atoms with Crippen LogP contribution in [0.3, 0.4) is 0 Å². The van der Waals surface area contributed by atoms with E-state index in [4.69, 9.17) is 4.74 Å². The first-order chi connectivity index (χ1) is 13.1. The summed E-state index contributed by atoms with van der Waals surface area (Å²) in [4.78, 5) is 39.4. The number of rotatable bonds is 6. The third kappa shape index (κ3) is 5.34. The van der Waals surface area contributed by atoms with Crippen molar-refractivity contribution in [3.05, 3.63) is 21.4 Å². The van der Waals surface area contributed by atoms with Gasteiger partial charge in [-0.25, -0.2) is 4.79 Å². The molecule has 0 spiro atoms. The minimum absolute atomic E-state index is 0.0195. The Morgan fingerprint density at radius 3 is 2.61 bits per heavy atom.